The molecule has 0 N–H and O–H groups in total. The van der Waals surface area contributed by atoms with E-state index < -0.39 is 0 Å². The largest absolute Gasteiger partial charge is 0.310 e. The van der Waals surface area contributed by atoms with E-state index in [2.05, 4.69) is 255 Å². The zero-order valence-corrected chi connectivity index (χ0v) is 36.0. The Hall–Kier alpha value is -8.00. The first-order valence-electron chi connectivity index (χ1n) is 22.3. The number of rotatable bonds is 7. The molecule has 1 aliphatic rings. The molecule has 12 rings (SSSR count). The number of benzene rings is 11. The molecule has 0 heterocycles. The Morgan fingerprint density at radius 2 is 0.734 bits per heavy atom. The van der Waals surface area contributed by atoms with Crippen LogP contribution in [0.25, 0.3) is 88.0 Å². The second-order valence-corrected chi connectivity index (χ2v) is 17.7. The quantitative estimate of drug-likeness (QED) is 0.145. The third-order valence-electron chi connectivity index (χ3n) is 13.7. The monoisotopic (exact) mass is 815 g/mol. The lowest BCUT2D eigenvalue weighted by atomic mass is 9.81. The van der Waals surface area contributed by atoms with Crippen molar-refractivity contribution >= 4 is 49.4 Å². The molecule has 0 saturated heterocycles. The van der Waals surface area contributed by atoms with E-state index in [-0.39, 0.29) is 5.41 Å². The van der Waals surface area contributed by atoms with Crippen LogP contribution in [0.5, 0.6) is 0 Å². The van der Waals surface area contributed by atoms with Gasteiger partial charge >= 0.3 is 0 Å². The third kappa shape index (κ3) is 6.31. The van der Waals surface area contributed by atoms with Crippen LogP contribution >= 0.6 is 0 Å². The van der Waals surface area contributed by atoms with Crippen molar-refractivity contribution in [1.29, 1.82) is 0 Å². The predicted molar refractivity (Wildman–Crippen MR) is 273 cm³/mol. The molecule has 0 amide bonds. The van der Waals surface area contributed by atoms with Gasteiger partial charge in [0, 0.05) is 22.5 Å². The van der Waals surface area contributed by atoms with Crippen LogP contribution in [0.3, 0.4) is 0 Å². The Kier molecular flexibility index (Phi) is 8.91. The number of hydrogen-bond acceptors (Lipinski definition) is 1. The van der Waals surface area contributed by atoms with E-state index in [9.17, 15) is 0 Å². The molecular formula is C63H45N. The topological polar surface area (TPSA) is 3.24 Å². The zero-order valence-electron chi connectivity index (χ0n) is 36.0. The lowest BCUT2D eigenvalue weighted by molar-refractivity contribution is 0.660. The van der Waals surface area contributed by atoms with Crippen molar-refractivity contribution in [3.05, 3.63) is 248 Å². The van der Waals surface area contributed by atoms with Crippen LogP contribution in [0.4, 0.5) is 17.1 Å². The summed E-state index contributed by atoms with van der Waals surface area (Å²) in [5.41, 5.74) is 18.3. The normalized spacial score (nSPS) is 12.7. The SMILES string of the molecule is CC1(C)c2cc(-c3ccc(-c4cc5ccccc5c5ccccc45)cc3)ccc2-c2ccc(N(c3ccc(-c4ccccc4)cc3)c3ccc(-c4cccc5ccccc45)cc3)cc21. The minimum atomic E-state index is -0.207. The van der Waals surface area contributed by atoms with Gasteiger partial charge in [-0.3, -0.25) is 0 Å². The average molecular weight is 816 g/mol. The van der Waals surface area contributed by atoms with Crippen LogP contribution in [0.1, 0.15) is 25.0 Å². The van der Waals surface area contributed by atoms with Crippen molar-refractivity contribution < 1.29 is 0 Å². The minimum Gasteiger partial charge on any atom is -0.310 e. The fourth-order valence-electron chi connectivity index (χ4n) is 10.3. The fraction of sp³-hybridized carbons (Fsp3) is 0.0476. The number of anilines is 3. The minimum absolute atomic E-state index is 0.207. The summed E-state index contributed by atoms with van der Waals surface area (Å²) in [5, 5.41) is 7.66. The first-order valence-corrected chi connectivity index (χ1v) is 22.3. The Morgan fingerprint density at radius 3 is 1.47 bits per heavy atom. The predicted octanol–water partition coefficient (Wildman–Crippen LogP) is 17.6. The second-order valence-electron chi connectivity index (χ2n) is 17.7. The first-order chi connectivity index (χ1) is 31.5. The summed E-state index contributed by atoms with van der Waals surface area (Å²) in [6, 6.07) is 87.1. The molecule has 0 bridgehead atoms. The Bertz CT molecular complexity index is 3540. The maximum atomic E-state index is 2.43. The molecule has 1 heteroatoms. The number of nitrogens with zero attached hydrogens (tertiary/aromatic N) is 1. The Morgan fingerprint density at radius 1 is 0.266 bits per heavy atom. The molecule has 0 aliphatic heterocycles. The summed E-state index contributed by atoms with van der Waals surface area (Å²) < 4.78 is 0. The lowest BCUT2D eigenvalue weighted by Gasteiger charge is -2.28. The summed E-state index contributed by atoms with van der Waals surface area (Å²) in [7, 11) is 0. The molecule has 0 radical (unpaired) electrons. The highest BCUT2D eigenvalue weighted by Gasteiger charge is 2.36. The summed E-state index contributed by atoms with van der Waals surface area (Å²) in [5.74, 6) is 0. The van der Waals surface area contributed by atoms with Gasteiger partial charge < -0.3 is 4.90 Å². The van der Waals surface area contributed by atoms with Gasteiger partial charge in [0.05, 0.1) is 0 Å². The molecule has 1 nitrogen and oxygen atoms in total. The summed E-state index contributed by atoms with van der Waals surface area (Å²) >= 11 is 0. The zero-order chi connectivity index (χ0) is 42.8. The molecule has 302 valence electrons. The highest BCUT2D eigenvalue weighted by molar-refractivity contribution is 6.13. The van der Waals surface area contributed by atoms with Crippen LogP contribution in [-0.2, 0) is 5.41 Å². The molecule has 11 aromatic rings. The average Bonchev–Trinajstić information content (AvgIpc) is 3.59. The smallest absolute Gasteiger partial charge is 0.0465 e. The Balaban J connectivity index is 0.901. The number of fused-ring (bicyclic) bond motifs is 7. The van der Waals surface area contributed by atoms with E-state index in [0.29, 0.717) is 0 Å². The molecule has 0 spiro atoms. The van der Waals surface area contributed by atoms with Crippen molar-refractivity contribution in [2.75, 3.05) is 4.90 Å². The Labute approximate surface area is 375 Å². The van der Waals surface area contributed by atoms with E-state index in [1.165, 1.54) is 99.1 Å². The molecule has 64 heavy (non-hydrogen) atoms. The molecule has 1 aliphatic carbocycles. The standard InChI is InChI=1S/C63H45N/c1-63(2)61-40-48(44-23-25-47(26-24-44)60-39-49-16-7-9-19-55(49)56-20-10-11-21-57(56)60)31-37-58(61)59-38-36-52(41-62(59)63)64(50-32-27-43(28-33-50)42-13-4-3-5-14-42)51-34-29-46(30-35-51)54-22-12-17-45-15-6-8-18-53(45)54/h3-41H,1-2H3. The van der Waals surface area contributed by atoms with Crippen molar-refractivity contribution in [2.24, 2.45) is 0 Å². The van der Waals surface area contributed by atoms with E-state index in [1.807, 2.05) is 0 Å². The van der Waals surface area contributed by atoms with Gasteiger partial charge in [-0.15, -0.1) is 0 Å². The van der Waals surface area contributed by atoms with Crippen LogP contribution in [-0.4, -0.2) is 0 Å². The van der Waals surface area contributed by atoms with Gasteiger partial charge in [-0.1, -0.05) is 202 Å². The van der Waals surface area contributed by atoms with Crippen molar-refractivity contribution in [1.82, 2.24) is 0 Å². The molecule has 0 unspecified atom stereocenters. The molecule has 0 aromatic heterocycles. The van der Waals surface area contributed by atoms with Gasteiger partial charge in [-0.25, -0.2) is 0 Å². The summed E-state index contributed by atoms with van der Waals surface area (Å²) in [4.78, 5) is 2.41. The molecule has 0 saturated carbocycles. The van der Waals surface area contributed by atoms with Gasteiger partial charge in [0.25, 0.3) is 0 Å². The molecular weight excluding hydrogens is 771 g/mol. The maximum absolute atomic E-state index is 2.43. The summed E-state index contributed by atoms with van der Waals surface area (Å²) in [6.45, 7) is 4.77. The van der Waals surface area contributed by atoms with E-state index in [1.54, 1.807) is 0 Å². The van der Waals surface area contributed by atoms with Gasteiger partial charge in [-0.05, 0) is 148 Å². The van der Waals surface area contributed by atoms with Crippen LogP contribution in [0.15, 0.2) is 237 Å². The molecule has 0 fully saturated rings. The van der Waals surface area contributed by atoms with E-state index >= 15 is 0 Å². The fourth-order valence-corrected chi connectivity index (χ4v) is 10.3. The maximum Gasteiger partial charge on any atom is 0.0465 e. The molecule has 11 aromatic carbocycles. The second kappa shape index (κ2) is 15.1. The van der Waals surface area contributed by atoms with Gasteiger partial charge in [0.1, 0.15) is 0 Å². The van der Waals surface area contributed by atoms with Crippen LogP contribution in [0.2, 0.25) is 0 Å². The highest BCUT2D eigenvalue weighted by atomic mass is 15.1. The molecule has 0 atom stereocenters. The van der Waals surface area contributed by atoms with Crippen molar-refractivity contribution in [2.45, 2.75) is 19.3 Å². The van der Waals surface area contributed by atoms with E-state index in [4.69, 9.17) is 0 Å². The summed E-state index contributed by atoms with van der Waals surface area (Å²) in [6.07, 6.45) is 0. The van der Waals surface area contributed by atoms with Crippen LogP contribution in [0, 0.1) is 0 Å². The van der Waals surface area contributed by atoms with Crippen LogP contribution < -0.4 is 4.90 Å². The first kappa shape index (κ1) is 37.7. The van der Waals surface area contributed by atoms with E-state index in [0.717, 1.165) is 17.1 Å². The van der Waals surface area contributed by atoms with Gasteiger partial charge in [0.2, 0.25) is 0 Å². The van der Waals surface area contributed by atoms with Gasteiger partial charge in [-0.2, -0.15) is 0 Å². The lowest BCUT2D eigenvalue weighted by Crippen LogP contribution is -2.16. The third-order valence-corrected chi connectivity index (χ3v) is 13.7. The number of hydrogen-bond donors (Lipinski definition) is 0. The van der Waals surface area contributed by atoms with Crippen molar-refractivity contribution in [3.63, 3.8) is 0 Å². The highest BCUT2D eigenvalue weighted by Crippen LogP contribution is 2.52. The van der Waals surface area contributed by atoms with Crippen molar-refractivity contribution in [3.8, 4) is 55.6 Å². The van der Waals surface area contributed by atoms with Gasteiger partial charge in [0.15, 0.2) is 0 Å².